The van der Waals surface area contributed by atoms with Gasteiger partial charge in [-0.2, -0.15) is 0 Å². The van der Waals surface area contributed by atoms with Crippen molar-refractivity contribution in [3.63, 3.8) is 0 Å². The lowest BCUT2D eigenvalue weighted by Gasteiger charge is -2.68. The molecule has 2 heterocycles. The normalized spacial score (nSPS) is 41.1. The van der Waals surface area contributed by atoms with Crippen LogP contribution in [0.15, 0.2) is 34.0 Å². The molecule has 4 aliphatic rings. The summed E-state index contributed by atoms with van der Waals surface area (Å²) in [5, 5.41) is 13.2. The fraction of sp³-hybridized carbons (Fsp3) is 0.719. The van der Waals surface area contributed by atoms with Gasteiger partial charge in [0, 0.05) is 30.1 Å². The van der Waals surface area contributed by atoms with E-state index in [0.717, 1.165) is 11.1 Å². The van der Waals surface area contributed by atoms with Crippen LogP contribution in [-0.2, 0) is 28.2 Å². The first-order valence-electron chi connectivity index (χ1n) is 15.0. The van der Waals surface area contributed by atoms with E-state index in [1.807, 2.05) is 41.5 Å². The van der Waals surface area contributed by atoms with E-state index in [4.69, 9.17) is 23.1 Å². The number of esters is 2. The lowest BCUT2D eigenvalue weighted by atomic mass is 9.42. The topological polar surface area (TPSA) is 122 Å². The summed E-state index contributed by atoms with van der Waals surface area (Å²) in [5.74, 6) is -3.04. The Bertz CT molecular complexity index is 1310. The number of Topliss-reactive ketones (excluding diaryl/α,β-unsaturated/α-hetero) is 1. The summed E-state index contributed by atoms with van der Waals surface area (Å²) in [7, 11) is -2.13. The molecule has 2 bridgehead atoms. The van der Waals surface area contributed by atoms with E-state index in [0.29, 0.717) is 6.42 Å². The van der Waals surface area contributed by atoms with Crippen molar-refractivity contribution in [3.05, 3.63) is 35.3 Å². The second-order valence-electron chi connectivity index (χ2n) is 14.7. The summed E-state index contributed by atoms with van der Waals surface area (Å²) in [6.45, 7) is 19.2. The molecule has 3 fully saturated rings. The zero-order valence-electron chi connectivity index (χ0n) is 26.5. The zero-order valence-corrected chi connectivity index (χ0v) is 27.5. The van der Waals surface area contributed by atoms with Crippen molar-refractivity contribution in [1.82, 2.24) is 0 Å². The van der Waals surface area contributed by atoms with Crippen molar-refractivity contribution in [3.8, 4) is 0 Å². The molecule has 1 N–H and O–H groups in total. The number of carbonyl (C=O) groups excluding carboxylic acids is 3. The van der Waals surface area contributed by atoms with Crippen molar-refractivity contribution >= 4 is 26.0 Å². The molecule has 232 valence electrons. The summed E-state index contributed by atoms with van der Waals surface area (Å²) in [4.78, 5) is 41.4. The van der Waals surface area contributed by atoms with E-state index in [-0.39, 0.29) is 30.5 Å². The molecule has 1 aromatic rings. The summed E-state index contributed by atoms with van der Waals surface area (Å²) in [5.41, 5.74) is -3.38. The quantitative estimate of drug-likeness (QED) is 0.279. The lowest BCUT2D eigenvalue weighted by molar-refractivity contribution is -0.339. The molecule has 1 aromatic heterocycles. The zero-order chi connectivity index (χ0) is 31.2. The lowest BCUT2D eigenvalue weighted by Crippen LogP contribution is -2.80. The molecule has 0 amide bonds. The molecular weight excluding hydrogens is 556 g/mol. The molecule has 0 aromatic carbocycles. The van der Waals surface area contributed by atoms with Gasteiger partial charge in [-0.05, 0) is 62.2 Å². The molecule has 0 spiro atoms. The molecule has 42 heavy (non-hydrogen) atoms. The largest absolute Gasteiger partial charge is 0.457 e. The smallest absolute Gasteiger partial charge is 0.374 e. The summed E-state index contributed by atoms with van der Waals surface area (Å²) < 4.78 is 30.6. The van der Waals surface area contributed by atoms with E-state index < -0.39 is 72.4 Å². The number of hydrogen-bond donors (Lipinski definition) is 1. The molecule has 1 aliphatic heterocycles. The maximum Gasteiger partial charge on any atom is 0.374 e. The monoisotopic (exact) mass is 602 g/mol. The summed E-state index contributed by atoms with van der Waals surface area (Å²) in [6, 6.07) is 3.09. The molecule has 9 atom stereocenters. The van der Waals surface area contributed by atoms with Crippen molar-refractivity contribution < 1.29 is 42.5 Å². The van der Waals surface area contributed by atoms with Gasteiger partial charge in [0.2, 0.25) is 5.76 Å². The van der Waals surface area contributed by atoms with Crippen molar-refractivity contribution in [2.24, 2.45) is 28.6 Å². The Balaban J connectivity index is 1.82. The first kappa shape index (κ1) is 31.2. The third kappa shape index (κ3) is 4.30. The Labute approximate surface area is 249 Å². The third-order valence-corrected chi connectivity index (χ3v) is 11.9. The molecule has 1 saturated heterocycles. The first-order chi connectivity index (χ1) is 19.3. The van der Waals surface area contributed by atoms with E-state index in [2.05, 4.69) is 19.6 Å². The Morgan fingerprint density at radius 2 is 1.81 bits per heavy atom. The number of hydrogen-bond acceptors (Lipinski definition) is 9. The highest BCUT2D eigenvalue weighted by molar-refractivity contribution is 6.69. The Kier molecular flexibility index (Phi) is 7.32. The number of aliphatic hydroxyl groups is 1. The number of furan rings is 1. The van der Waals surface area contributed by atoms with Crippen LogP contribution in [0, 0.1) is 28.6 Å². The Hall–Kier alpha value is -2.27. The highest BCUT2D eigenvalue weighted by Gasteiger charge is 2.77. The van der Waals surface area contributed by atoms with Crippen LogP contribution in [0.1, 0.15) is 71.9 Å². The van der Waals surface area contributed by atoms with Crippen molar-refractivity contribution in [2.45, 2.75) is 110 Å². The minimum atomic E-state index is -2.13. The van der Waals surface area contributed by atoms with Gasteiger partial charge in [-0.1, -0.05) is 34.6 Å². The van der Waals surface area contributed by atoms with Crippen LogP contribution < -0.4 is 0 Å². The standard InChI is InChI=1S/C32H46O9Si/c1-17-14-23-31(16-38-23,40-20(4)33)25-27(39-28(35)21-12-11-13-37-21)32(36)15-22(41-42(8,9)10)18(2)24(29(32,5)6)19(3)26(34)30(17,25)7/h11-13,17,19,22-23,25,27,36H,14-16H2,1-10H3/t17-,19+,22-,23+,25?,27?,30+,31-,32+/m0/s1. The number of ether oxygens (including phenoxy) is 3. The maximum atomic E-state index is 15.0. The highest BCUT2D eigenvalue weighted by Crippen LogP contribution is 2.66. The molecule has 0 radical (unpaired) electrons. The molecule has 5 rings (SSSR count). The van der Waals surface area contributed by atoms with Gasteiger partial charge < -0.3 is 28.2 Å². The van der Waals surface area contributed by atoms with Crippen LogP contribution in [0.4, 0.5) is 0 Å². The summed E-state index contributed by atoms with van der Waals surface area (Å²) >= 11 is 0. The maximum absolute atomic E-state index is 15.0. The summed E-state index contributed by atoms with van der Waals surface area (Å²) in [6.07, 6.45) is -0.269. The minimum Gasteiger partial charge on any atom is -0.457 e. The minimum absolute atomic E-state index is 0.0238. The predicted molar refractivity (Wildman–Crippen MR) is 156 cm³/mol. The number of fused-ring (bicyclic) bond motifs is 5. The van der Waals surface area contributed by atoms with Gasteiger partial charge in [0.1, 0.15) is 23.6 Å². The fourth-order valence-electron chi connectivity index (χ4n) is 8.80. The molecule has 10 heteroatoms. The van der Waals surface area contributed by atoms with E-state index >= 15 is 0 Å². The number of rotatable bonds is 5. The Morgan fingerprint density at radius 1 is 1.14 bits per heavy atom. The highest BCUT2D eigenvalue weighted by atomic mass is 28.4. The van der Waals surface area contributed by atoms with Gasteiger partial charge in [-0.25, -0.2) is 4.79 Å². The van der Waals surface area contributed by atoms with Gasteiger partial charge in [0.25, 0.3) is 0 Å². The molecule has 3 aliphatic carbocycles. The molecular formula is C32H46O9Si. The predicted octanol–water partition coefficient (Wildman–Crippen LogP) is 5.08. The van der Waals surface area contributed by atoms with Gasteiger partial charge in [0.05, 0.1) is 24.9 Å². The second kappa shape index (κ2) is 9.87. The van der Waals surface area contributed by atoms with Crippen LogP contribution in [-0.4, -0.2) is 67.3 Å². The number of carbonyl (C=O) groups is 3. The molecule has 9 nitrogen and oxygen atoms in total. The van der Waals surface area contributed by atoms with Crippen molar-refractivity contribution in [2.75, 3.05) is 6.61 Å². The van der Waals surface area contributed by atoms with Gasteiger partial charge in [-0.15, -0.1) is 0 Å². The SMILES string of the molecule is CC(=O)O[C@@]12CO[C@@H]1C[C@H](C)[C@@]1(C)C(=O)[C@H](C)C3=C(C)[C@@H](O[Si](C)(C)C)C[C@@](O)(C(OC(=O)c4ccco4)C12)C3(C)C. The fourth-order valence-corrected chi connectivity index (χ4v) is 9.92. The Morgan fingerprint density at radius 3 is 2.33 bits per heavy atom. The van der Waals surface area contributed by atoms with Crippen molar-refractivity contribution in [1.29, 1.82) is 0 Å². The number of ketones is 1. The second-order valence-corrected chi connectivity index (χ2v) is 19.2. The van der Waals surface area contributed by atoms with Crippen LogP contribution in [0.2, 0.25) is 19.6 Å². The van der Waals surface area contributed by atoms with Gasteiger partial charge in [0.15, 0.2) is 13.9 Å². The van der Waals surface area contributed by atoms with Crippen LogP contribution in [0.5, 0.6) is 0 Å². The van der Waals surface area contributed by atoms with E-state index in [1.54, 1.807) is 6.07 Å². The van der Waals surface area contributed by atoms with Crippen LogP contribution in [0.25, 0.3) is 0 Å². The van der Waals surface area contributed by atoms with E-state index in [9.17, 15) is 19.5 Å². The average Bonchev–Trinajstić information content (AvgIpc) is 3.40. The van der Waals surface area contributed by atoms with Gasteiger partial charge in [-0.3, -0.25) is 9.59 Å². The van der Waals surface area contributed by atoms with E-state index in [1.165, 1.54) is 19.3 Å². The molecule has 2 unspecified atom stereocenters. The third-order valence-electron chi connectivity index (χ3n) is 10.9. The first-order valence-corrected chi connectivity index (χ1v) is 18.4. The average molecular weight is 603 g/mol. The molecule has 2 saturated carbocycles. The van der Waals surface area contributed by atoms with Gasteiger partial charge >= 0.3 is 11.9 Å². The van der Waals surface area contributed by atoms with Crippen LogP contribution in [0.3, 0.4) is 0 Å². The van der Waals surface area contributed by atoms with Crippen LogP contribution >= 0.6 is 0 Å².